The van der Waals surface area contributed by atoms with E-state index in [0.29, 0.717) is 19.6 Å². The summed E-state index contributed by atoms with van der Waals surface area (Å²) in [5.41, 5.74) is 6.78. The van der Waals surface area contributed by atoms with Gasteiger partial charge in [0.25, 0.3) is 0 Å². The number of aliphatic hydroxyl groups is 1. The van der Waals surface area contributed by atoms with Crippen molar-refractivity contribution < 1.29 is 24.1 Å². The van der Waals surface area contributed by atoms with Gasteiger partial charge in [-0.2, -0.15) is 0 Å². The molecule has 0 aliphatic heterocycles. The van der Waals surface area contributed by atoms with Gasteiger partial charge in [-0.05, 0) is 12.0 Å². The number of hydrogen-bond acceptors (Lipinski definition) is 6. The van der Waals surface area contributed by atoms with E-state index in [9.17, 15) is 9.90 Å². The van der Waals surface area contributed by atoms with Crippen molar-refractivity contribution in [3.05, 3.63) is 35.9 Å². The number of hydrogen-bond donors (Lipinski definition) is 2. The molecule has 1 aromatic rings. The maximum Gasteiger partial charge on any atom is 0.336 e. The van der Waals surface area contributed by atoms with Gasteiger partial charge in [-0.25, -0.2) is 4.79 Å². The number of aliphatic hydroxyl groups excluding tert-OH is 1. The molecule has 0 unspecified atom stereocenters. The molecule has 1 aromatic carbocycles. The van der Waals surface area contributed by atoms with Crippen molar-refractivity contribution in [2.24, 2.45) is 5.73 Å². The minimum Gasteiger partial charge on any atom is -0.461 e. The molecule has 6 heteroatoms. The molecular formula is C15H23NO5. The second-order valence-corrected chi connectivity index (χ2v) is 4.57. The summed E-state index contributed by atoms with van der Waals surface area (Å²) < 4.78 is 14.9. The first-order valence-corrected chi connectivity index (χ1v) is 6.86. The van der Waals surface area contributed by atoms with Gasteiger partial charge < -0.3 is 25.1 Å². The van der Waals surface area contributed by atoms with Crippen LogP contribution in [0.2, 0.25) is 0 Å². The van der Waals surface area contributed by atoms with E-state index in [2.05, 4.69) is 0 Å². The SMILES string of the molecule is COCCOCCOC(=O)[C@H](O)[C@H](N)Cc1ccccc1. The Labute approximate surface area is 124 Å². The van der Waals surface area contributed by atoms with E-state index in [1.807, 2.05) is 30.3 Å². The third-order valence-electron chi connectivity index (χ3n) is 2.87. The Morgan fingerprint density at radius 2 is 1.86 bits per heavy atom. The van der Waals surface area contributed by atoms with Gasteiger partial charge in [0.2, 0.25) is 0 Å². The fraction of sp³-hybridized carbons (Fsp3) is 0.533. The topological polar surface area (TPSA) is 91.0 Å². The Morgan fingerprint density at radius 3 is 2.52 bits per heavy atom. The van der Waals surface area contributed by atoms with E-state index in [0.717, 1.165) is 5.56 Å². The van der Waals surface area contributed by atoms with Gasteiger partial charge in [-0.15, -0.1) is 0 Å². The van der Waals surface area contributed by atoms with Crippen molar-refractivity contribution >= 4 is 5.97 Å². The Morgan fingerprint density at radius 1 is 1.19 bits per heavy atom. The molecule has 0 amide bonds. The molecule has 118 valence electrons. The lowest BCUT2D eigenvalue weighted by atomic mass is 10.0. The molecular weight excluding hydrogens is 274 g/mol. The predicted molar refractivity (Wildman–Crippen MR) is 77.8 cm³/mol. The Kier molecular flexibility index (Phi) is 8.61. The van der Waals surface area contributed by atoms with Crippen molar-refractivity contribution in [2.45, 2.75) is 18.6 Å². The molecule has 6 nitrogen and oxygen atoms in total. The van der Waals surface area contributed by atoms with Gasteiger partial charge in [0.05, 0.1) is 19.8 Å². The van der Waals surface area contributed by atoms with E-state index in [1.165, 1.54) is 0 Å². The highest BCUT2D eigenvalue weighted by molar-refractivity contribution is 5.75. The first-order valence-electron chi connectivity index (χ1n) is 6.86. The molecule has 0 aliphatic carbocycles. The number of carbonyl (C=O) groups is 1. The number of esters is 1. The van der Waals surface area contributed by atoms with Crippen LogP contribution in [0.5, 0.6) is 0 Å². The van der Waals surface area contributed by atoms with Gasteiger partial charge in [0.1, 0.15) is 6.61 Å². The molecule has 0 radical (unpaired) electrons. The van der Waals surface area contributed by atoms with Crippen molar-refractivity contribution in [3.63, 3.8) is 0 Å². The van der Waals surface area contributed by atoms with Crippen LogP contribution in [0.4, 0.5) is 0 Å². The van der Waals surface area contributed by atoms with Crippen LogP contribution < -0.4 is 5.73 Å². The summed E-state index contributed by atoms with van der Waals surface area (Å²) in [7, 11) is 1.58. The zero-order valence-corrected chi connectivity index (χ0v) is 12.2. The monoisotopic (exact) mass is 297 g/mol. The maximum absolute atomic E-state index is 11.6. The van der Waals surface area contributed by atoms with Crippen molar-refractivity contribution in [3.8, 4) is 0 Å². The van der Waals surface area contributed by atoms with Crippen LogP contribution in [0, 0.1) is 0 Å². The largest absolute Gasteiger partial charge is 0.461 e. The molecule has 0 saturated carbocycles. The summed E-state index contributed by atoms with van der Waals surface area (Å²) in [5, 5.41) is 9.83. The Balaban J connectivity index is 2.23. The number of carbonyl (C=O) groups excluding carboxylic acids is 1. The van der Waals surface area contributed by atoms with E-state index < -0.39 is 18.1 Å². The van der Waals surface area contributed by atoms with Gasteiger partial charge >= 0.3 is 5.97 Å². The van der Waals surface area contributed by atoms with Crippen LogP contribution in [0.3, 0.4) is 0 Å². The first-order chi connectivity index (χ1) is 10.1. The second kappa shape index (κ2) is 10.3. The second-order valence-electron chi connectivity index (χ2n) is 4.57. The molecule has 0 saturated heterocycles. The highest BCUT2D eigenvalue weighted by Crippen LogP contribution is 2.05. The number of benzene rings is 1. The van der Waals surface area contributed by atoms with Crippen LogP contribution in [0.25, 0.3) is 0 Å². The van der Waals surface area contributed by atoms with Crippen LogP contribution in [-0.2, 0) is 25.4 Å². The third-order valence-corrected chi connectivity index (χ3v) is 2.87. The Hall–Kier alpha value is -1.47. The zero-order valence-electron chi connectivity index (χ0n) is 12.2. The summed E-state index contributed by atoms with van der Waals surface area (Å²) in [5.74, 6) is -0.728. The summed E-state index contributed by atoms with van der Waals surface area (Å²) in [4.78, 5) is 11.6. The fourth-order valence-corrected chi connectivity index (χ4v) is 1.70. The fourth-order valence-electron chi connectivity index (χ4n) is 1.70. The lowest BCUT2D eigenvalue weighted by Crippen LogP contribution is -2.43. The average Bonchev–Trinajstić information content (AvgIpc) is 2.50. The zero-order chi connectivity index (χ0) is 15.5. The molecule has 0 bridgehead atoms. The van der Waals surface area contributed by atoms with Gasteiger partial charge in [0.15, 0.2) is 6.10 Å². The Bertz CT molecular complexity index is 398. The smallest absolute Gasteiger partial charge is 0.336 e. The molecule has 0 aromatic heterocycles. The lowest BCUT2D eigenvalue weighted by Gasteiger charge is -2.17. The molecule has 21 heavy (non-hydrogen) atoms. The average molecular weight is 297 g/mol. The number of nitrogens with two attached hydrogens (primary N) is 1. The van der Waals surface area contributed by atoms with E-state index >= 15 is 0 Å². The number of rotatable bonds is 10. The van der Waals surface area contributed by atoms with Crippen LogP contribution >= 0.6 is 0 Å². The first kappa shape index (κ1) is 17.6. The van der Waals surface area contributed by atoms with Crippen LogP contribution in [0.15, 0.2) is 30.3 Å². The summed E-state index contributed by atoms with van der Waals surface area (Å²) >= 11 is 0. The van der Waals surface area contributed by atoms with Gasteiger partial charge in [-0.3, -0.25) is 0 Å². The number of methoxy groups -OCH3 is 1. The van der Waals surface area contributed by atoms with Gasteiger partial charge in [-0.1, -0.05) is 30.3 Å². The molecule has 0 aliphatic rings. The highest BCUT2D eigenvalue weighted by Gasteiger charge is 2.24. The van der Waals surface area contributed by atoms with E-state index in [-0.39, 0.29) is 13.2 Å². The van der Waals surface area contributed by atoms with E-state index in [1.54, 1.807) is 7.11 Å². The summed E-state index contributed by atoms with van der Waals surface area (Å²) in [6.45, 7) is 1.26. The third kappa shape index (κ3) is 7.19. The molecule has 2 atom stereocenters. The molecule has 0 spiro atoms. The van der Waals surface area contributed by atoms with E-state index in [4.69, 9.17) is 19.9 Å². The molecule has 1 rings (SSSR count). The molecule has 3 N–H and O–H groups in total. The van der Waals surface area contributed by atoms with Crippen molar-refractivity contribution in [1.82, 2.24) is 0 Å². The standard InChI is InChI=1S/C15H23NO5/c1-19-7-8-20-9-10-21-15(18)14(17)13(16)11-12-5-3-2-4-6-12/h2-6,13-14,17H,7-11,16H2,1H3/t13-,14-/m1/s1. The normalized spacial score (nSPS) is 13.7. The van der Waals surface area contributed by atoms with Crippen LogP contribution in [0.1, 0.15) is 5.56 Å². The maximum atomic E-state index is 11.6. The number of ether oxygens (including phenoxy) is 3. The van der Waals surface area contributed by atoms with Crippen molar-refractivity contribution in [1.29, 1.82) is 0 Å². The van der Waals surface area contributed by atoms with Crippen LogP contribution in [-0.4, -0.2) is 56.8 Å². The summed E-state index contributed by atoms with van der Waals surface area (Å²) in [6.07, 6.45) is -0.939. The minimum absolute atomic E-state index is 0.0810. The predicted octanol–water partition coefficient (Wildman–Crippen LogP) is 0.124. The molecule has 0 heterocycles. The quantitative estimate of drug-likeness (QED) is 0.471. The minimum atomic E-state index is -1.34. The highest BCUT2D eigenvalue weighted by atomic mass is 16.6. The van der Waals surface area contributed by atoms with Crippen molar-refractivity contribution in [2.75, 3.05) is 33.5 Å². The lowest BCUT2D eigenvalue weighted by molar-refractivity contribution is -0.156. The summed E-state index contributed by atoms with van der Waals surface area (Å²) in [6, 6.07) is 8.73. The molecule has 0 fully saturated rings. The van der Waals surface area contributed by atoms with Gasteiger partial charge in [0, 0.05) is 13.2 Å².